The Morgan fingerprint density at radius 3 is 2.68 bits per heavy atom. The Labute approximate surface area is 132 Å². The van der Waals surface area contributed by atoms with Gasteiger partial charge in [0.05, 0.1) is 16.3 Å². The summed E-state index contributed by atoms with van der Waals surface area (Å²) in [5.74, 6) is 0.423. The van der Waals surface area contributed by atoms with Gasteiger partial charge in [-0.1, -0.05) is 26.0 Å². The van der Waals surface area contributed by atoms with E-state index in [4.69, 9.17) is 4.74 Å². The summed E-state index contributed by atoms with van der Waals surface area (Å²) in [5.41, 5.74) is 0.744. The molecule has 1 aromatic carbocycles. The Bertz CT molecular complexity index is 800. The van der Waals surface area contributed by atoms with Crippen molar-refractivity contribution in [1.82, 2.24) is 4.98 Å². The molecule has 22 heavy (non-hydrogen) atoms. The van der Waals surface area contributed by atoms with E-state index in [1.54, 1.807) is 30.5 Å². The Balaban J connectivity index is 2.02. The summed E-state index contributed by atoms with van der Waals surface area (Å²) in [6.07, 6.45) is 1.08. The lowest BCUT2D eigenvalue weighted by atomic mass is 10.1. The van der Waals surface area contributed by atoms with Gasteiger partial charge >= 0.3 is 0 Å². The maximum absolute atomic E-state index is 13.7. The first-order valence-corrected chi connectivity index (χ1v) is 7.87. The second kappa shape index (κ2) is 6.02. The van der Waals surface area contributed by atoms with E-state index in [9.17, 15) is 9.50 Å². The summed E-state index contributed by atoms with van der Waals surface area (Å²) in [5, 5.41) is 10.2. The van der Waals surface area contributed by atoms with Crippen LogP contribution in [0.25, 0.3) is 10.2 Å². The molecule has 2 heterocycles. The standard InChI is InChI=1S/C17H16FNO2S/c1-10(2)16(20)15-9-12-17(22-15)14(7-8-19-12)21-13-6-4-3-5-11(13)18/h3-10,16,20H,1-2H3. The smallest absolute Gasteiger partial charge is 0.165 e. The number of aliphatic hydroxyl groups excluding tert-OH is 1. The first-order chi connectivity index (χ1) is 10.6. The number of fused-ring (bicyclic) bond motifs is 1. The predicted octanol–water partition coefficient (Wildman–Crippen LogP) is 4.92. The molecule has 3 rings (SSSR count). The number of thiophene rings is 1. The third-order valence-electron chi connectivity index (χ3n) is 3.37. The highest BCUT2D eigenvalue weighted by atomic mass is 32.1. The Kier molecular flexibility index (Phi) is 4.09. The van der Waals surface area contributed by atoms with Crippen LogP contribution in [-0.2, 0) is 0 Å². The monoisotopic (exact) mass is 317 g/mol. The molecule has 0 radical (unpaired) electrons. The second-order valence-electron chi connectivity index (χ2n) is 5.39. The van der Waals surface area contributed by atoms with Crippen molar-refractivity contribution in [2.24, 2.45) is 5.92 Å². The van der Waals surface area contributed by atoms with E-state index in [1.165, 1.54) is 17.4 Å². The molecule has 0 saturated carbocycles. The molecule has 3 nitrogen and oxygen atoms in total. The van der Waals surface area contributed by atoms with Crippen LogP contribution in [0.15, 0.2) is 42.6 Å². The predicted molar refractivity (Wildman–Crippen MR) is 85.9 cm³/mol. The lowest BCUT2D eigenvalue weighted by molar-refractivity contribution is 0.130. The van der Waals surface area contributed by atoms with Gasteiger partial charge in [-0.2, -0.15) is 0 Å². The van der Waals surface area contributed by atoms with Crippen molar-refractivity contribution < 1.29 is 14.2 Å². The zero-order chi connectivity index (χ0) is 15.7. The molecule has 114 valence electrons. The van der Waals surface area contributed by atoms with E-state index in [0.717, 1.165) is 15.1 Å². The van der Waals surface area contributed by atoms with Crippen molar-refractivity contribution in [3.05, 3.63) is 53.3 Å². The van der Waals surface area contributed by atoms with Gasteiger partial charge in [0.1, 0.15) is 5.75 Å². The van der Waals surface area contributed by atoms with Gasteiger partial charge in [0.2, 0.25) is 0 Å². The van der Waals surface area contributed by atoms with E-state index in [1.807, 2.05) is 19.9 Å². The van der Waals surface area contributed by atoms with Gasteiger partial charge in [0.25, 0.3) is 0 Å². The molecule has 0 amide bonds. The van der Waals surface area contributed by atoms with Crippen LogP contribution < -0.4 is 4.74 Å². The van der Waals surface area contributed by atoms with Crippen LogP contribution in [-0.4, -0.2) is 10.1 Å². The number of hydrogen-bond donors (Lipinski definition) is 1. The van der Waals surface area contributed by atoms with Crippen LogP contribution in [0.4, 0.5) is 4.39 Å². The second-order valence-corrected chi connectivity index (χ2v) is 6.48. The molecule has 1 N–H and O–H groups in total. The van der Waals surface area contributed by atoms with Crippen LogP contribution in [0.1, 0.15) is 24.8 Å². The fourth-order valence-electron chi connectivity index (χ4n) is 2.13. The van der Waals surface area contributed by atoms with Crippen molar-refractivity contribution >= 4 is 21.6 Å². The van der Waals surface area contributed by atoms with Gasteiger partial charge in [0.15, 0.2) is 11.6 Å². The van der Waals surface area contributed by atoms with Gasteiger partial charge in [-0.15, -0.1) is 11.3 Å². The van der Waals surface area contributed by atoms with Crippen LogP contribution in [0.5, 0.6) is 11.5 Å². The van der Waals surface area contributed by atoms with Gasteiger partial charge in [-0.25, -0.2) is 4.39 Å². The number of para-hydroxylation sites is 1. The van der Waals surface area contributed by atoms with Crippen LogP contribution >= 0.6 is 11.3 Å². The van der Waals surface area contributed by atoms with Gasteiger partial charge in [-0.05, 0) is 24.1 Å². The van der Waals surface area contributed by atoms with Crippen molar-refractivity contribution in [2.75, 3.05) is 0 Å². The average molecular weight is 317 g/mol. The highest BCUT2D eigenvalue weighted by molar-refractivity contribution is 7.19. The normalized spacial score (nSPS) is 12.8. The molecule has 0 saturated heterocycles. The zero-order valence-electron chi connectivity index (χ0n) is 12.3. The number of aromatic nitrogens is 1. The molecule has 0 spiro atoms. The minimum absolute atomic E-state index is 0.115. The molecule has 0 aliphatic heterocycles. The molecule has 1 unspecified atom stereocenters. The summed E-state index contributed by atoms with van der Waals surface area (Å²) >= 11 is 1.43. The number of halogens is 1. The minimum atomic E-state index is -0.541. The quantitative estimate of drug-likeness (QED) is 0.743. The minimum Gasteiger partial charge on any atom is -0.453 e. The topological polar surface area (TPSA) is 42.4 Å². The fraction of sp³-hybridized carbons (Fsp3) is 0.235. The Morgan fingerprint density at radius 2 is 1.95 bits per heavy atom. The lowest BCUT2D eigenvalue weighted by Gasteiger charge is -2.11. The summed E-state index contributed by atoms with van der Waals surface area (Å²) < 4.78 is 20.2. The number of rotatable bonds is 4. The molecule has 1 atom stereocenters. The van der Waals surface area contributed by atoms with Crippen LogP contribution in [0.3, 0.4) is 0 Å². The number of pyridine rings is 1. The molecule has 2 aromatic heterocycles. The van der Waals surface area contributed by atoms with E-state index in [0.29, 0.717) is 5.75 Å². The Hall–Kier alpha value is -1.98. The van der Waals surface area contributed by atoms with Crippen molar-refractivity contribution in [3.63, 3.8) is 0 Å². The summed E-state index contributed by atoms with van der Waals surface area (Å²) in [7, 11) is 0. The maximum Gasteiger partial charge on any atom is 0.165 e. The van der Waals surface area contributed by atoms with Gasteiger partial charge in [0, 0.05) is 17.1 Å². The molecular formula is C17H16FNO2S. The third-order valence-corrected chi connectivity index (χ3v) is 4.58. The lowest BCUT2D eigenvalue weighted by Crippen LogP contribution is -2.02. The van der Waals surface area contributed by atoms with Crippen molar-refractivity contribution in [3.8, 4) is 11.5 Å². The number of nitrogens with zero attached hydrogens (tertiary/aromatic N) is 1. The van der Waals surface area contributed by atoms with Gasteiger partial charge in [-0.3, -0.25) is 4.98 Å². The zero-order valence-corrected chi connectivity index (χ0v) is 13.1. The van der Waals surface area contributed by atoms with E-state index in [2.05, 4.69) is 4.98 Å². The maximum atomic E-state index is 13.7. The molecule has 0 aliphatic rings. The average Bonchev–Trinajstić information content (AvgIpc) is 2.93. The number of ether oxygens (including phenoxy) is 1. The molecule has 5 heteroatoms. The Morgan fingerprint density at radius 1 is 1.18 bits per heavy atom. The first kappa shape index (κ1) is 14.9. The largest absolute Gasteiger partial charge is 0.453 e. The summed E-state index contributed by atoms with van der Waals surface area (Å²) in [4.78, 5) is 5.13. The third kappa shape index (κ3) is 2.82. The number of aliphatic hydroxyl groups is 1. The van der Waals surface area contributed by atoms with Crippen molar-refractivity contribution in [2.45, 2.75) is 20.0 Å². The molecule has 3 aromatic rings. The highest BCUT2D eigenvalue weighted by Gasteiger charge is 2.18. The van der Waals surface area contributed by atoms with Crippen LogP contribution in [0.2, 0.25) is 0 Å². The number of benzene rings is 1. The SMILES string of the molecule is CC(C)C(O)c1cc2nccc(Oc3ccccc3F)c2s1. The van der Waals surface area contributed by atoms with Gasteiger partial charge < -0.3 is 9.84 Å². The van der Waals surface area contributed by atoms with E-state index < -0.39 is 11.9 Å². The molecule has 0 bridgehead atoms. The van der Waals surface area contributed by atoms with Crippen molar-refractivity contribution in [1.29, 1.82) is 0 Å². The van der Waals surface area contributed by atoms with E-state index in [-0.39, 0.29) is 11.7 Å². The first-order valence-electron chi connectivity index (χ1n) is 7.05. The van der Waals surface area contributed by atoms with E-state index >= 15 is 0 Å². The summed E-state index contributed by atoms with van der Waals surface area (Å²) in [6, 6.07) is 9.84. The summed E-state index contributed by atoms with van der Waals surface area (Å²) in [6.45, 7) is 3.92. The number of hydrogen-bond acceptors (Lipinski definition) is 4. The molecule has 0 aliphatic carbocycles. The molecule has 0 fully saturated rings. The fourth-order valence-corrected chi connectivity index (χ4v) is 3.36. The molecular weight excluding hydrogens is 301 g/mol. The van der Waals surface area contributed by atoms with Crippen LogP contribution in [0, 0.1) is 11.7 Å². The highest BCUT2D eigenvalue weighted by Crippen LogP contribution is 2.38.